The third-order valence-corrected chi connectivity index (χ3v) is 6.49. The van der Waals surface area contributed by atoms with Crippen molar-refractivity contribution >= 4 is 0 Å². The summed E-state index contributed by atoms with van der Waals surface area (Å²) in [6.07, 6.45) is 31.1. The molecule has 28 heavy (non-hydrogen) atoms. The summed E-state index contributed by atoms with van der Waals surface area (Å²) in [4.78, 5) is 0. The lowest BCUT2D eigenvalue weighted by Crippen LogP contribution is -2.05. The molecule has 168 valence electrons. The normalized spacial score (nSPS) is 12.4. The number of allylic oxidation sites excluding steroid dienone is 1. The van der Waals surface area contributed by atoms with E-state index in [1.807, 2.05) is 0 Å². The van der Waals surface area contributed by atoms with Gasteiger partial charge in [-0.1, -0.05) is 148 Å². The van der Waals surface area contributed by atoms with E-state index in [1.165, 1.54) is 141 Å². The maximum atomic E-state index is 4.55. The molecule has 0 fully saturated rings. The summed E-state index contributed by atoms with van der Waals surface area (Å²) in [6, 6.07) is 0. The lowest BCUT2D eigenvalue weighted by Gasteiger charge is -2.20. The first-order chi connectivity index (χ1) is 13.8. The molecular formula is C28H56. The van der Waals surface area contributed by atoms with Crippen LogP contribution in [0.2, 0.25) is 0 Å². The van der Waals surface area contributed by atoms with Crippen molar-refractivity contribution in [1.82, 2.24) is 0 Å². The van der Waals surface area contributed by atoms with E-state index in [0.717, 1.165) is 5.92 Å². The molecule has 0 heteroatoms. The van der Waals surface area contributed by atoms with E-state index in [-0.39, 0.29) is 0 Å². The fourth-order valence-corrected chi connectivity index (χ4v) is 4.41. The molecule has 0 heterocycles. The van der Waals surface area contributed by atoms with Crippen LogP contribution in [-0.4, -0.2) is 0 Å². The highest BCUT2D eigenvalue weighted by atomic mass is 14.2. The molecule has 0 bridgehead atoms. The highest BCUT2D eigenvalue weighted by Crippen LogP contribution is 2.28. The molecule has 0 rings (SSSR count). The summed E-state index contributed by atoms with van der Waals surface area (Å²) in [7, 11) is 0. The molecule has 0 nitrogen and oxygen atoms in total. The number of hydrogen-bond acceptors (Lipinski definition) is 0. The van der Waals surface area contributed by atoms with Gasteiger partial charge in [0.1, 0.15) is 0 Å². The molecule has 0 aromatic heterocycles. The van der Waals surface area contributed by atoms with Gasteiger partial charge in [-0.3, -0.25) is 0 Å². The van der Waals surface area contributed by atoms with Crippen molar-refractivity contribution in [2.24, 2.45) is 5.92 Å². The predicted molar refractivity (Wildman–Crippen MR) is 131 cm³/mol. The van der Waals surface area contributed by atoms with Gasteiger partial charge in [-0.2, -0.15) is 0 Å². The fraction of sp³-hybridized carbons (Fsp3) is 0.929. The van der Waals surface area contributed by atoms with Crippen molar-refractivity contribution in [3.8, 4) is 0 Å². The number of rotatable bonds is 23. The van der Waals surface area contributed by atoms with Crippen LogP contribution in [0.15, 0.2) is 12.2 Å². The van der Waals surface area contributed by atoms with Crippen molar-refractivity contribution < 1.29 is 0 Å². The van der Waals surface area contributed by atoms with Gasteiger partial charge in [0.25, 0.3) is 0 Å². The van der Waals surface area contributed by atoms with Crippen LogP contribution in [0.3, 0.4) is 0 Å². The largest absolute Gasteiger partial charge is 0.0996 e. The van der Waals surface area contributed by atoms with E-state index < -0.39 is 0 Å². The molecule has 0 aromatic rings. The monoisotopic (exact) mass is 392 g/mol. The molecule has 0 aromatic carbocycles. The van der Waals surface area contributed by atoms with Crippen molar-refractivity contribution in [3.05, 3.63) is 12.2 Å². The first kappa shape index (κ1) is 27.7. The van der Waals surface area contributed by atoms with Crippen LogP contribution in [0.25, 0.3) is 0 Å². The molecule has 0 aliphatic rings. The topological polar surface area (TPSA) is 0 Å². The minimum Gasteiger partial charge on any atom is -0.0996 e. The van der Waals surface area contributed by atoms with Crippen LogP contribution in [0.1, 0.15) is 162 Å². The Balaban J connectivity index is 4.00. The third-order valence-electron chi connectivity index (χ3n) is 6.49. The summed E-state index contributed by atoms with van der Waals surface area (Å²) in [6.45, 7) is 11.5. The Morgan fingerprint density at radius 2 is 0.786 bits per heavy atom. The summed E-state index contributed by atoms with van der Waals surface area (Å²) < 4.78 is 0. The average Bonchev–Trinajstić information content (AvgIpc) is 2.70. The summed E-state index contributed by atoms with van der Waals surface area (Å²) in [5.74, 6) is 0.817. The van der Waals surface area contributed by atoms with E-state index in [1.54, 1.807) is 5.57 Å². The molecule has 0 saturated heterocycles. The molecule has 0 spiro atoms. The molecule has 0 radical (unpaired) electrons. The summed E-state index contributed by atoms with van der Waals surface area (Å²) in [5.41, 5.74) is 1.59. The zero-order valence-electron chi connectivity index (χ0n) is 20.3. The first-order valence-corrected chi connectivity index (χ1v) is 13.4. The SMILES string of the molecule is C=C(CCCCCCC)C(CCCCCCCC)CCCCCCCCCC. The van der Waals surface area contributed by atoms with Crippen LogP contribution >= 0.6 is 0 Å². The number of unbranched alkanes of at least 4 members (excludes halogenated alkanes) is 16. The first-order valence-electron chi connectivity index (χ1n) is 13.4. The molecule has 1 unspecified atom stereocenters. The minimum absolute atomic E-state index is 0.817. The quantitative estimate of drug-likeness (QED) is 0.120. The van der Waals surface area contributed by atoms with Gasteiger partial charge < -0.3 is 0 Å². The highest BCUT2D eigenvalue weighted by Gasteiger charge is 2.12. The van der Waals surface area contributed by atoms with Crippen molar-refractivity contribution in [2.75, 3.05) is 0 Å². The Morgan fingerprint density at radius 3 is 1.18 bits per heavy atom. The standard InChI is InChI=1S/C28H56/c1-5-8-11-14-16-17-20-23-26-28(25-22-19-15-12-9-6-2)27(4)24-21-18-13-10-7-3/h28H,4-26H2,1-3H3. The van der Waals surface area contributed by atoms with Gasteiger partial charge in [0.2, 0.25) is 0 Å². The van der Waals surface area contributed by atoms with Gasteiger partial charge in [0.05, 0.1) is 0 Å². The Kier molecular flexibility index (Phi) is 22.8. The average molecular weight is 393 g/mol. The van der Waals surface area contributed by atoms with Crippen LogP contribution in [-0.2, 0) is 0 Å². The van der Waals surface area contributed by atoms with Crippen molar-refractivity contribution in [2.45, 2.75) is 162 Å². The summed E-state index contributed by atoms with van der Waals surface area (Å²) in [5, 5.41) is 0. The molecule has 0 aliphatic heterocycles. The van der Waals surface area contributed by atoms with E-state index >= 15 is 0 Å². The Labute approximate surface area is 180 Å². The zero-order valence-corrected chi connectivity index (χ0v) is 20.3. The minimum atomic E-state index is 0.817. The Hall–Kier alpha value is -0.260. The van der Waals surface area contributed by atoms with E-state index in [9.17, 15) is 0 Å². The van der Waals surface area contributed by atoms with Gasteiger partial charge in [0, 0.05) is 0 Å². The molecular weight excluding hydrogens is 336 g/mol. The molecule has 0 N–H and O–H groups in total. The molecule has 0 aliphatic carbocycles. The Bertz CT molecular complexity index is 303. The molecule has 1 atom stereocenters. The predicted octanol–water partition coefficient (Wildman–Crippen LogP) is 10.8. The van der Waals surface area contributed by atoms with Crippen molar-refractivity contribution in [3.63, 3.8) is 0 Å². The molecule has 0 saturated carbocycles. The van der Waals surface area contributed by atoms with E-state index in [0.29, 0.717) is 0 Å². The van der Waals surface area contributed by atoms with E-state index in [4.69, 9.17) is 0 Å². The lowest BCUT2D eigenvalue weighted by atomic mass is 9.86. The second kappa shape index (κ2) is 23.0. The van der Waals surface area contributed by atoms with Gasteiger partial charge >= 0.3 is 0 Å². The smallest absolute Gasteiger partial charge is 0.0206 e. The van der Waals surface area contributed by atoms with Crippen LogP contribution in [0.5, 0.6) is 0 Å². The fourth-order valence-electron chi connectivity index (χ4n) is 4.41. The second-order valence-electron chi connectivity index (χ2n) is 9.34. The van der Waals surface area contributed by atoms with Gasteiger partial charge in [0.15, 0.2) is 0 Å². The zero-order chi connectivity index (χ0) is 20.7. The van der Waals surface area contributed by atoms with Crippen LogP contribution in [0.4, 0.5) is 0 Å². The van der Waals surface area contributed by atoms with Gasteiger partial charge in [-0.05, 0) is 31.6 Å². The Morgan fingerprint density at radius 1 is 0.464 bits per heavy atom. The van der Waals surface area contributed by atoms with Crippen LogP contribution in [0, 0.1) is 5.92 Å². The highest BCUT2D eigenvalue weighted by molar-refractivity contribution is 5.00. The van der Waals surface area contributed by atoms with Gasteiger partial charge in [-0.15, -0.1) is 0 Å². The van der Waals surface area contributed by atoms with E-state index in [2.05, 4.69) is 27.4 Å². The second-order valence-corrected chi connectivity index (χ2v) is 9.34. The maximum absolute atomic E-state index is 4.55. The lowest BCUT2D eigenvalue weighted by molar-refractivity contribution is 0.436. The number of hydrogen-bond donors (Lipinski definition) is 0. The van der Waals surface area contributed by atoms with Crippen LogP contribution < -0.4 is 0 Å². The third kappa shape index (κ3) is 19.1. The van der Waals surface area contributed by atoms with Gasteiger partial charge in [-0.25, -0.2) is 0 Å². The molecule has 0 amide bonds. The summed E-state index contributed by atoms with van der Waals surface area (Å²) >= 11 is 0. The maximum Gasteiger partial charge on any atom is -0.0206 e. The van der Waals surface area contributed by atoms with Crippen molar-refractivity contribution in [1.29, 1.82) is 0 Å².